The van der Waals surface area contributed by atoms with Crippen LogP contribution in [0.1, 0.15) is 18.1 Å². The molecule has 0 saturated heterocycles. The Morgan fingerprint density at radius 2 is 1.45 bits per heavy atom. The Labute approximate surface area is 86.2 Å². The van der Waals surface area contributed by atoms with E-state index < -0.39 is 0 Å². The smallest absolute Gasteiger partial charge is 0.346 e. The van der Waals surface area contributed by atoms with Gasteiger partial charge in [-0.3, -0.25) is 0 Å². The minimum absolute atomic E-state index is 0. The molecule has 0 amide bonds. The van der Waals surface area contributed by atoms with Gasteiger partial charge in [0.2, 0.25) is 0 Å². The van der Waals surface area contributed by atoms with Crippen molar-refractivity contribution >= 4 is 23.1 Å². The maximum Gasteiger partial charge on any atom is 2.00 e. The molecule has 0 atom stereocenters. The molecule has 0 aliphatic carbocycles. The van der Waals surface area contributed by atoms with Crippen molar-refractivity contribution < 1.29 is 0 Å². The molecule has 1 heteroatoms. The van der Waals surface area contributed by atoms with Gasteiger partial charge in [0.05, 0.1) is 0 Å². The second kappa shape index (κ2) is 8.09. The number of hydrogen-bond donors (Lipinski definition) is 0. The van der Waals surface area contributed by atoms with Gasteiger partial charge < -0.3 is 6.92 Å². The molecular formula is C10H14Mg. The third-order valence-corrected chi connectivity index (χ3v) is 1.08. The molecule has 11 heavy (non-hydrogen) atoms. The van der Waals surface area contributed by atoms with E-state index in [9.17, 15) is 0 Å². The first-order valence-electron chi connectivity index (χ1n) is 3.44. The van der Waals surface area contributed by atoms with Gasteiger partial charge in [0.1, 0.15) is 0 Å². The fraction of sp³-hybridized carbons (Fsp3) is 0.300. The molecule has 1 rings (SSSR count). The quantitative estimate of drug-likeness (QED) is 0.402. The summed E-state index contributed by atoms with van der Waals surface area (Å²) in [6, 6.07) is 9.12. The molecule has 0 aliphatic heterocycles. The van der Waals surface area contributed by atoms with Crippen LogP contribution in [0.2, 0.25) is 0 Å². The van der Waals surface area contributed by atoms with Crippen molar-refractivity contribution in [1.29, 1.82) is 0 Å². The van der Waals surface area contributed by atoms with Gasteiger partial charge in [-0.15, -0.1) is 0 Å². The maximum absolute atomic E-state index is 3.25. The van der Waals surface area contributed by atoms with Crippen molar-refractivity contribution in [2.24, 2.45) is 0 Å². The second-order valence-electron chi connectivity index (χ2n) is 2.09. The van der Waals surface area contributed by atoms with Gasteiger partial charge in [-0.25, -0.2) is 0 Å². The summed E-state index contributed by atoms with van der Waals surface area (Å²) in [5, 5.41) is 0. The van der Waals surface area contributed by atoms with Gasteiger partial charge in [0, 0.05) is 0 Å². The van der Waals surface area contributed by atoms with Gasteiger partial charge in [0.25, 0.3) is 0 Å². The largest absolute Gasteiger partial charge is 2.00 e. The van der Waals surface area contributed by atoms with Crippen LogP contribution >= 0.6 is 0 Å². The topological polar surface area (TPSA) is 0 Å². The summed E-state index contributed by atoms with van der Waals surface area (Å²) in [5.74, 6) is 0. The molecule has 0 unspecified atom stereocenters. The van der Waals surface area contributed by atoms with Gasteiger partial charge in [-0.2, -0.15) is 42.3 Å². The molecule has 0 radical (unpaired) electrons. The summed E-state index contributed by atoms with van der Waals surface area (Å²) >= 11 is 0. The zero-order valence-electron chi connectivity index (χ0n) is 7.65. The molecule has 56 valence electrons. The molecule has 0 fully saturated rings. The first kappa shape index (κ1) is 13.6. The van der Waals surface area contributed by atoms with Crippen molar-refractivity contribution in [2.45, 2.75) is 20.8 Å². The SMILES string of the molecule is Cc1c[c-]cc(C)c1.[CH2-]C.[Mg+2]. The van der Waals surface area contributed by atoms with E-state index >= 15 is 0 Å². The first-order valence-corrected chi connectivity index (χ1v) is 3.44. The number of hydrogen-bond acceptors (Lipinski definition) is 0. The summed E-state index contributed by atoms with van der Waals surface area (Å²) in [6.07, 6.45) is 0. The maximum atomic E-state index is 3.25. The molecule has 0 aliphatic rings. The molecule has 0 saturated carbocycles. The molecular weight excluding hydrogens is 144 g/mol. The van der Waals surface area contributed by atoms with Gasteiger partial charge in [0.15, 0.2) is 0 Å². The fourth-order valence-electron chi connectivity index (χ4n) is 0.747. The molecule has 1 aromatic carbocycles. The van der Waals surface area contributed by atoms with E-state index in [4.69, 9.17) is 0 Å². The zero-order valence-corrected chi connectivity index (χ0v) is 9.06. The van der Waals surface area contributed by atoms with Crippen LogP contribution in [0.4, 0.5) is 0 Å². The Bertz CT molecular complexity index is 165. The first-order chi connectivity index (χ1) is 4.79. The van der Waals surface area contributed by atoms with Crippen LogP contribution in [0.25, 0.3) is 0 Å². The summed E-state index contributed by atoms with van der Waals surface area (Å²) in [4.78, 5) is 0. The van der Waals surface area contributed by atoms with E-state index in [0.717, 1.165) is 0 Å². The Balaban J connectivity index is 0. The van der Waals surface area contributed by atoms with E-state index in [0.29, 0.717) is 0 Å². The minimum Gasteiger partial charge on any atom is -0.346 e. The number of aryl methyl sites for hydroxylation is 2. The number of rotatable bonds is 0. The summed E-state index contributed by atoms with van der Waals surface area (Å²) in [6.45, 7) is 9.15. The third-order valence-electron chi connectivity index (χ3n) is 1.08. The van der Waals surface area contributed by atoms with Crippen LogP contribution < -0.4 is 0 Å². The van der Waals surface area contributed by atoms with Gasteiger partial charge >= 0.3 is 23.1 Å². The fourth-order valence-corrected chi connectivity index (χ4v) is 0.747. The van der Waals surface area contributed by atoms with Crippen LogP contribution in [0, 0.1) is 26.8 Å². The molecule has 0 heterocycles. The van der Waals surface area contributed by atoms with Crippen LogP contribution in [0.3, 0.4) is 0 Å². The van der Waals surface area contributed by atoms with E-state index in [1.54, 1.807) is 6.92 Å². The Kier molecular flexibility index (Phi) is 9.97. The molecule has 0 bridgehead atoms. The molecule has 0 spiro atoms. The summed E-state index contributed by atoms with van der Waals surface area (Å²) in [7, 11) is 0. The van der Waals surface area contributed by atoms with Crippen LogP contribution in [-0.4, -0.2) is 23.1 Å². The van der Waals surface area contributed by atoms with Crippen LogP contribution in [-0.2, 0) is 0 Å². The van der Waals surface area contributed by atoms with E-state index in [1.165, 1.54) is 11.1 Å². The van der Waals surface area contributed by atoms with Crippen LogP contribution in [0.15, 0.2) is 18.2 Å². The van der Waals surface area contributed by atoms with Crippen LogP contribution in [0.5, 0.6) is 0 Å². The minimum atomic E-state index is 0. The third kappa shape index (κ3) is 6.39. The van der Waals surface area contributed by atoms with Crippen molar-refractivity contribution in [3.63, 3.8) is 0 Å². The predicted molar refractivity (Wildman–Crippen MR) is 51.5 cm³/mol. The normalized spacial score (nSPS) is 7.27. The second-order valence-corrected chi connectivity index (χ2v) is 2.09. The Morgan fingerprint density at radius 1 is 1.09 bits per heavy atom. The van der Waals surface area contributed by atoms with Crippen molar-refractivity contribution in [2.75, 3.05) is 0 Å². The Hall–Kier alpha value is -0.0138. The van der Waals surface area contributed by atoms with Crippen molar-refractivity contribution in [1.82, 2.24) is 0 Å². The van der Waals surface area contributed by atoms with Gasteiger partial charge in [-0.1, -0.05) is 13.8 Å². The van der Waals surface area contributed by atoms with E-state index in [1.807, 2.05) is 12.1 Å². The molecule has 1 aromatic rings. The van der Waals surface area contributed by atoms with E-state index in [2.05, 4.69) is 32.9 Å². The summed E-state index contributed by atoms with van der Waals surface area (Å²) < 4.78 is 0. The number of benzene rings is 1. The Morgan fingerprint density at radius 3 is 1.64 bits per heavy atom. The van der Waals surface area contributed by atoms with Gasteiger partial charge in [-0.05, 0) is 0 Å². The molecule has 0 N–H and O–H groups in total. The standard InChI is InChI=1S/C8H9.C2H5.Mg/c1-7-4-3-5-8(2)6-7;1-2;/h4-6H,1-2H3;1H2,2H3;/q2*-1;+2. The zero-order chi connectivity index (χ0) is 7.98. The van der Waals surface area contributed by atoms with Crippen molar-refractivity contribution in [3.8, 4) is 0 Å². The average molecular weight is 159 g/mol. The molecule has 0 aromatic heterocycles. The summed E-state index contributed by atoms with van der Waals surface area (Å²) in [5.41, 5.74) is 2.56. The molecule has 0 nitrogen and oxygen atoms in total. The average Bonchev–Trinajstić information content (AvgIpc) is 1.91. The van der Waals surface area contributed by atoms with E-state index in [-0.39, 0.29) is 23.1 Å². The predicted octanol–water partition coefficient (Wildman–Crippen LogP) is 2.56. The van der Waals surface area contributed by atoms with Crippen molar-refractivity contribution in [3.05, 3.63) is 42.3 Å². The monoisotopic (exact) mass is 158 g/mol.